The monoisotopic (exact) mass is 176 g/mol. The van der Waals surface area contributed by atoms with Gasteiger partial charge in [-0.05, 0) is 13.8 Å². The first-order chi connectivity index (χ1) is 5.43. The molecule has 2 atom stereocenters. The summed E-state index contributed by atoms with van der Waals surface area (Å²) in [6.07, 6.45) is -2.15. The van der Waals surface area contributed by atoms with Crippen molar-refractivity contribution in [2.75, 3.05) is 0 Å². The average molecular weight is 176 g/mol. The quantitative estimate of drug-likeness (QED) is 0.578. The van der Waals surface area contributed by atoms with Crippen molar-refractivity contribution in [3.63, 3.8) is 0 Å². The number of carboxylic acids is 1. The second-order valence-corrected chi connectivity index (χ2v) is 2.52. The molecule has 70 valence electrons. The second-order valence-electron chi connectivity index (χ2n) is 2.52. The van der Waals surface area contributed by atoms with E-state index in [-0.39, 0.29) is 6.42 Å². The largest absolute Gasteiger partial charge is 0.479 e. The predicted molar refractivity (Wildman–Crippen MR) is 39.5 cm³/mol. The molecule has 0 aromatic carbocycles. The lowest BCUT2D eigenvalue weighted by molar-refractivity contribution is -0.163. The minimum absolute atomic E-state index is 0.183. The van der Waals surface area contributed by atoms with Gasteiger partial charge < -0.3 is 14.9 Å². The summed E-state index contributed by atoms with van der Waals surface area (Å²) in [6.45, 7) is 2.68. The lowest BCUT2D eigenvalue weighted by Gasteiger charge is -2.09. The molecule has 0 aliphatic carbocycles. The van der Waals surface area contributed by atoms with Crippen LogP contribution >= 0.6 is 0 Å². The van der Waals surface area contributed by atoms with Gasteiger partial charge in [-0.15, -0.1) is 0 Å². The third-order valence-corrected chi connectivity index (χ3v) is 1.12. The Kier molecular flexibility index (Phi) is 4.28. The Morgan fingerprint density at radius 3 is 2.25 bits per heavy atom. The van der Waals surface area contributed by atoms with Crippen LogP contribution in [-0.4, -0.2) is 34.4 Å². The molecule has 0 spiro atoms. The van der Waals surface area contributed by atoms with Gasteiger partial charge in [0, 0.05) is 0 Å². The highest BCUT2D eigenvalue weighted by atomic mass is 16.6. The fraction of sp³-hybridized carbons (Fsp3) is 0.714. The number of hydrogen-bond donors (Lipinski definition) is 2. The van der Waals surface area contributed by atoms with Crippen LogP contribution in [0.15, 0.2) is 0 Å². The van der Waals surface area contributed by atoms with Crippen molar-refractivity contribution in [2.45, 2.75) is 32.5 Å². The molecule has 0 rings (SSSR count). The van der Waals surface area contributed by atoms with E-state index < -0.39 is 24.1 Å². The first-order valence-corrected chi connectivity index (χ1v) is 3.54. The maximum absolute atomic E-state index is 10.7. The van der Waals surface area contributed by atoms with E-state index in [2.05, 4.69) is 4.74 Å². The number of carbonyl (C=O) groups excluding carboxylic acids is 1. The standard InChI is InChI=1S/C7H12O5/c1-4(8)3-6(9)12-5(2)7(10)11/h4-5,8H,3H2,1-2H3,(H,10,11)/t4-,5-/m1/s1. The number of rotatable bonds is 4. The smallest absolute Gasteiger partial charge is 0.344 e. The highest BCUT2D eigenvalue weighted by Crippen LogP contribution is 1.97. The SMILES string of the molecule is C[C@@H](O)CC(=O)O[C@H](C)C(=O)O. The number of hydrogen-bond acceptors (Lipinski definition) is 4. The Morgan fingerprint density at radius 2 is 1.92 bits per heavy atom. The number of aliphatic hydroxyl groups is 1. The number of aliphatic hydroxyl groups excluding tert-OH is 1. The lowest BCUT2D eigenvalue weighted by atomic mass is 10.3. The van der Waals surface area contributed by atoms with E-state index in [1.807, 2.05) is 0 Å². The van der Waals surface area contributed by atoms with Crippen LogP contribution in [0, 0.1) is 0 Å². The summed E-state index contributed by atoms with van der Waals surface area (Å²) in [5, 5.41) is 17.1. The van der Waals surface area contributed by atoms with E-state index >= 15 is 0 Å². The van der Waals surface area contributed by atoms with Crippen LogP contribution in [0.5, 0.6) is 0 Å². The molecule has 0 aromatic rings. The number of carbonyl (C=O) groups is 2. The number of aliphatic carboxylic acids is 1. The topological polar surface area (TPSA) is 83.8 Å². The predicted octanol–water partition coefficient (Wildman–Crippen LogP) is -0.226. The average Bonchev–Trinajstić information content (AvgIpc) is 1.84. The zero-order valence-corrected chi connectivity index (χ0v) is 6.98. The Morgan fingerprint density at radius 1 is 1.42 bits per heavy atom. The van der Waals surface area contributed by atoms with Gasteiger partial charge in [0.15, 0.2) is 6.10 Å². The second kappa shape index (κ2) is 4.71. The molecule has 0 saturated carbocycles. The van der Waals surface area contributed by atoms with Gasteiger partial charge in [-0.25, -0.2) is 4.79 Å². The molecule has 0 heterocycles. The molecule has 5 nitrogen and oxygen atoms in total. The van der Waals surface area contributed by atoms with Gasteiger partial charge in [-0.3, -0.25) is 4.79 Å². The van der Waals surface area contributed by atoms with Crippen molar-refractivity contribution in [2.24, 2.45) is 0 Å². The van der Waals surface area contributed by atoms with E-state index in [4.69, 9.17) is 10.2 Å². The van der Waals surface area contributed by atoms with Gasteiger partial charge in [-0.2, -0.15) is 0 Å². The molecular formula is C7H12O5. The molecule has 12 heavy (non-hydrogen) atoms. The minimum atomic E-state index is -1.20. The fourth-order valence-corrected chi connectivity index (χ4v) is 0.537. The van der Waals surface area contributed by atoms with Gasteiger partial charge in [0.1, 0.15) is 0 Å². The van der Waals surface area contributed by atoms with Crippen LogP contribution in [0.2, 0.25) is 0 Å². The first kappa shape index (κ1) is 10.9. The highest BCUT2D eigenvalue weighted by Gasteiger charge is 2.16. The molecule has 0 saturated heterocycles. The van der Waals surface area contributed by atoms with E-state index in [1.165, 1.54) is 13.8 Å². The maximum Gasteiger partial charge on any atom is 0.344 e. The Labute approximate surface area is 70.0 Å². The number of carboxylic acid groups (broad SMARTS) is 1. The summed E-state index contributed by atoms with van der Waals surface area (Å²) in [5.41, 5.74) is 0. The molecule has 0 amide bonds. The molecule has 0 fully saturated rings. The van der Waals surface area contributed by atoms with Crippen molar-refractivity contribution in [1.29, 1.82) is 0 Å². The maximum atomic E-state index is 10.7. The summed E-state index contributed by atoms with van der Waals surface area (Å²) in [6, 6.07) is 0. The van der Waals surface area contributed by atoms with Crippen LogP contribution < -0.4 is 0 Å². The fourth-order valence-electron chi connectivity index (χ4n) is 0.537. The van der Waals surface area contributed by atoms with Gasteiger partial charge in [0.25, 0.3) is 0 Å². The number of esters is 1. The van der Waals surface area contributed by atoms with E-state index in [0.29, 0.717) is 0 Å². The Hall–Kier alpha value is -1.10. The zero-order chi connectivity index (χ0) is 9.72. The highest BCUT2D eigenvalue weighted by molar-refractivity contribution is 5.77. The molecule has 0 aromatic heterocycles. The van der Waals surface area contributed by atoms with E-state index in [9.17, 15) is 9.59 Å². The summed E-state index contributed by atoms with van der Waals surface area (Å²) in [4.78, 5) is 20.9. The van der Waals surface area contributed by atoms with Gasteiger partial charge in [0.05, 0.1) is 12.5 Å². The third-order valence-electron chi connectivity index (χ3n) is 1.12. The summed E-state index contributed by atoms with van der Waals surface area (Å²) >= 11 is 0. The Bertz CT molecular complexity index is 175. The van der Waals surface area contributed by atoms with Crippen molar-refractivity contribution in [1.82, 2.24) is 0 Å². The first-order valence-electron chi connectivity index (χ1n) is 3.54. The van der Waals surface area contributed by atoms with Gasteiger partial charge in [-0.1, -0.05) is 0 Å². The zero-order valence-electron chi connectivity index (χ0n) is 6.98. The van der Waals surface area contributed by atoms with Crippen LogP contribution in [-0.2, 0) is 14.3 Å². The van der Waals surface area contributed by atoms with Crippen LogP contribution in [0.4, 0.5) is 0 Å². The summed E-state index contributed by atoms with van der Waals surface area (Å²) in [7, 11) is 0. The molecule has 0 radical (unpaired) electrons. The van der Waals surface area contributed by atoms with Gasteiger partial charge >= 0.3 is 11.9 Å². The molecule has 2 N–H and O–H groups in total. The number of ether oxygens (including phenoxy) is 1. The van der Waals surface area contributed by atoms with Crippen molar-refractivity contribution >= 4 is 11.9 Å². The molecule has 0 bridgehead atoms. The molecule has 0 unspecified atom stereocenters. The lowest BCUT2D eigenvalue weighted by Crippen LogP contribution is -2.25. The van der Waals surface area contributed by atoms with Crippen molar-refractivity contribution < 1.29 is 24.5 Å². The molecular weight excluding hydrogens is 164 g/mol. The van der Waals surface area contributed by atoms with Crippen molar-refractivity contribution in [3.8, 4) is 0 Å². The van der Waals surface area contributed by atoms with E-state index in [0.717, 1.165) is 0 Å². The van der Waals surface area contributed by atoms with Crippen LogP contribution in [0.3, 0.4) is 0 Å². The van der Waals surface area contributed by atoms with Gasteiger partial charge in [0.2, 0.25) is 0 Å². The summed E-state index contributed by atoms with van der Waals surface area (Å²) < 4.78 is 4.42. The van der Waals surface area contributed by atoms with Crippen LogP contribution in [0.1, 0.15) is 20.3 Å². The van der Waals surface area contributed by atoms with E-state index in [1.54, 1.807) is 0 Å². The van der Waals surface area contributed by atoms with Crippen molar-refractivity contribution in [3.05, 3.63) is 0 Å². The third kappa shape index (κ3) is 4.68. The molecule has 0 aliphatic heterocycles. The minimum Gasteiger partial charge on any atom is -0.479 e. The normalized spacial score (nSPS) is 14.9. The Balaban J connectivity index is 3.77. The molecule has 5 heteroatoms. The summed E-state index contributed by atoms with van der Waals surface area (Å²) in [5.74, 6) is -1.91. The van der Waals surface area contributed by atoms with Crippen LogP contribution in [0.25, 0.3) is 0 Å². The molecule has 0 aliphatic rings.